The van der Waals surface area contributed by atoms with E-state index in [-0.39, 0.29) is 21.5 Å². The molecule has 232 valence electrons. The molecule has 0 bridgehead atoms. The molecule has 0 radical (unpaired) electrons. The number of aliphatic hydroxyl groups is 1. The number of anilines is 1. The minimum absolute atomic E-state index is 0.114. The molecular formula is C34H24Cl3N3O4S2. The molecule has 1 unspecified atom stereocenters. The van der Waals surface area contributed by atoms with Crippen molar-refractivity contribution in [3.63, 3.8) is 0 Å². The van der Waals surface area contributed by atoms with Crippen molar-refractivity contribution >= 4 is 80.5 Å². The number of rotatable bonds is 9. The molecule has 2 heterocycles. The number of aromatic nitrogens is 2. The Hall–Kier alpha value is -3.86. The first-order chi connectivity index (χ1) is 22.2. The molecule has 6 rings (SSSR count). The molecule has 0 spiro atoms. The summed E-state index contributed by atoms with van der Waals surface area (Å²) < 4.78 is 6.49. The molecule has 7 nitrogen and oxygen atoms in total. The number of benzene rings is 4. The highest BCUT2D eigenvalue weighted by molar-refractivity contribution is 8.00. The normalized spacial score (nSPS) is 15.8. The zero-order chi connectivity index (χ0) is 32.4. The predicted octanol–water partition coefficient (Wildman–Crippen LogP) is 9.30. The van der Waals surface area contributed by atoms with Gasteiger partial charge in [0, 0.05) is 16.3 Å². The zero-order valence-electron chi connectivity index (χ0n) is 24.1. The van der Waals surface area contributed by atoms with Crippen LogP contribution in [-0.2, 0) is 21.9 Å². The lowest BCUT2D eigenvalue weighted by molar-refractivity contribution is -0.132. The van der Waals surface area contributed by atoms with Gasteiger partial charge in [0.1, 0.15) is 18.1 Å². The van der Waals surface area contributed by atoms with Crippen molar-refractivity contribution in [2.45, 2.75) is 29.7 Å². The Morgan fingerprint density at radius 3 is 2.43 bits per heavy atom. The second-order valence-corrected chi connectivity index (χ2v) is 13.8. The highest BCUT2D eigenvalue weighted by atomic mass is 35.5. The summed E-state index contributed by atoms with van der Waals surface area (Å²) in [4.78, 5) is 28.4. The first-order valence-corrected chi connectivity index (χ1v) is 16.9. The van der Waals surface area contributed by atoms with E-state index in [9.17, 15) is 14.7 Å². The molecule has 1 atom stereocenters. The van der Waals surface area contributed by atoms with E-state index >= 15 is 0 Å². The van der Waals surface area contributed by atoms with Crippen LogP contribution in [0.25, 0.3) is 5.76 Å². The smallest absolute Gasteiger partial charge is 0.301 e. The van der Waals surface area contributed by atoms with E-state index in [2.05, 4.69) is 10.2 Å². The van der Waals surface area contributed by atoms with E-state index in [1.807, 2.05) is 55.5 Å². The van der Waals surface area contributed by atoms with Crippen molar-refractivity contribution in [3.05, 3.63) is 139 Å². The number of thioether (sulfide) groups is 1. The summed E-state index contributed by atoms with van der Waals surface area (Å²) in [6.45, 7) is 2.39. The third-order valence-electron chi connectivity index (χ3n) is 7.23. The van der Waals surface area contributed by atoms with Gasteiger partial charge in [-0.3, -0.25) is 14.5 Å². The molecule has 1 aliphatic rings. The number of nitrogens with zero attached hydrogens (tertiary/aromatic N) is 3. The Balaban J connectivity index is 1.32. The molecule has 1 fully saturated rings. The van der Waals surface area contributed by atoms with Crippen molar-refractivity contribution in [1.82, 2.24) is 10.2 Å². The van der Waals surface area contributed by atoms with Gasteiger partial charge >= 0.3 is 5.91 Å². The fourth-order valence-corrected chi connectivity index (χ4v) is 7.43. The molecule has 1 N–H and O–H groups in total. The fourth-order valence-electron chi connectivity index (χ4n) is 4.97. The maximum atomic E-state index is 13.6. The van der Waals surface area contributed by atoms with E-state index in [1.54, 1.807) is 42.5 Å². The molecule has 0 saturated carbocycles. The lowest BCUT2D eigenvalue weighted by Crippen LogP contribution is -2.29. The van der Waals surface area contributed by atoms with Gasteiger partial charge in [0.05, 0.1) is 21.7 Å². The van der Waals surface area contributed by atoms with Gasteiger partial charge < -0.3 is 9.84 Å². The number of ketones is 1. The third-order valence-corrected chi connectivity index (χ3v) is 10.4. The molecule has 1 amide bonds. The van der Waals surface area contributed by atoms with Crippen LogP contribution in [0.3, 0.4) is 0 Å². The van der Waals surface area contributed by atoms with Gasteiger partial charge in [-0.25, -0.2) is 0 Å². The largest absolute Gasteiger partial charge is 0.507 e. The number of hydrogen-bond acceptors (Lipinski definition) is 8. The Kier molecular flexibility index (Phi) is 9.67. The maximum absolute atomic E-state index is 13.6. The first-order valence-electron chi connectivity index (χ1n) is 13.9. The van der Waals surface area contributed by atoms with Crippen molar-refractivity contribution in [1.29, 1.82) is 0 Å². The monoisotopic (exact) mass is 707 g/mol. The van der Waals surface area contributed by atoms with Gasteiger partial charge in [-0.05, 0) is 66.1 Å². The minimum Gasteiger partial charge on any atom is -0.507 e. The number of aliphatic hydroxyl groups excluding tert-OH is 1. The Morgan fingerprint density at radius 2 is 1.70 bits per heavy atom. The topological polar surface area (TPSA) is 92.6 Å². The molecule has 12 heteroatoms. The van der Waals surface area contributed by atoms with E-state index in [4.69, 9.17) is 39.5 Å². The van der Waals surface area contributed by atoms with E-state index in [0.717, 1.165) is 28.0 Å². The van der Waals surface area contributed by atoms with Crippen LogP contribution in [0.1, 0.15) is 33.9 Å². The fraction of sp³-hybridized carbons (Fsp3) is 0.118. The first kappa shape index (κ1) is 32.1. The Morgan fingerprint density at radius 1 is 0.913 bits per heavy atom. The van der Waals surface area contributed by atoms with Crippen LogP contribution in [0.5, 0.6) is 5.75 Å². The van der Waals surface area contributed by atoms with Crippen LogP contribution in [0, 0.1) is 6.92 Å². The molecule has 1 saturated heterocycles. The summed E-state index contributed by atoms with van der Waals surface area (Å²) in [5, 5.41) is 21.4. The van der Waals surface area contributed by atoms with Crippen LogP contribution < -0.4 is 9.64 Å². The van der Waals surface area contributed by atoms with E-state index in [0.29, 0.717) is 43.6 Å². The van der Waals surface area contributed by atoms with Gasteiger partial charge in [-0.15, -0.1) is 10.2 Å². The van der Waals surface area contributed by atoms with Gasteiger partial charge in [0.15, 0.2) is 4.34 Å². The number of amides is 1. The van der Waals surface area contributed by atoms with Gasteiger partial charge in [0.25, 0.3) is 5.78 Å². The Labute approximate surface area is 288 Å². The van der Waals surface area contributed by atoms with E-state index in [1.165, 1.54) is 16.7 Å². The van der Waals surface area contributed by atoms with Crippen LogP contribution in [-0.4, -0.2) is 27.0 Å². The molecule has 1 aliphatic heterocycles. The standard InChI is InChI=1S/C34H24Cl3N3O4S2/c1-19-5-4-6-20(15-19)17-44-24-12-9-21(10-13-24)30(41)28-29(22-11-14-26(36)27(37)16-22)40(32(43)31(28)42)33-38-39-34(46-33)45-18-23-7-2-3-8-25(23)35/h2-16,29,41H,17-18H2,1H3. The lowest BCUT2D eigenvalue weighted by atomic mass is 9.95. The summed E-state index contributed by atoms with van der Waals surface area (Å²) >= 11 is 21.4. The second-order valence-electron chi connectivity index (χ2n) is 10.4. The Bertz CT molecular complexity index is 1980. The summed E-state index contributed by atoms with van der Waals surface area (Å²) in [5.41, 5.74) is 3.77. The zero-order valence-corrected chi connectivity index (χ0v) is 28.0. The van der Waals surface area contributed by atoms with Crippen LogP contribution in [0.2, 0.25) is 15.1 Å². The van der Waals surface area contributed by atoms with Crippen molar-refractivity contribution in [2.75, 3.05) is 4.90 Å². The third kappa shape index (κ3) is 6.79. The van der Waals surface area contributed by atoms with Crippen molar-refractivity contribution < 1.29 is 19.4 Å². The molecule has 5 aromatic rings. The predicted molar refractivity (Wildman–Crippen MR) is 184 cm³/mol. The lowest BCUT2D eigenvalue weighted by Gasteiger charge is -2.23. The quantitative estimate of drug-likeness (QED) is 0.0537. The van der Waals surface area contributed by atoms with Crippen LogP contribution >= 0.6 is 57.9 Å². The van der Waals surface area contributed by atoms with E-state index < -0.39 is 17.7 Å². The second kappa shape index (κ2) is 13.9. The number of ether oxygens (including phenoxy) is 1. The molecule has 0 aliphatic carbocycles. The summed E-state index contributed by atoms with van der Waals surface area (Å²) in [6.07, 6.45) is 0. The number of carbonyl (C=O) groups excluding carboxylic acids is 2. The highest BCUT2D eigenvalue weighted by Crippen LogP contribution is 2.45. The van der Waals surface area contributed by atoms with Gasteiger partial charge in [-0.2, -0.15) is 0 Å². The SMILES string of the molecule is Cc1cccc(COc2ccc(C(O)=C3C(=O)C(=O)N(c4nnc(SCc5ccccc5Cl)s4)C3c3ccc(Cl)c(Cl)c3)cc2)c1. The summed E-state index contributed by atoms with van der Waals surface area (Å²) in [6, 6.07) is 25.9. The number of halogens is 3. The van der Waals surface area contributed by atoms with Crippen molar-refractivity contribution in [3.8, 4) is 5.75 Å². The van der Waals surface area contributed by atoms with Gasteiger partial charge in [0.2, 0.25) is 5.13 Å². The molecular weight excluding hydrogens is 685 g/mol. The minimum atomic E-state index is -1.04. The average Bonchev–Trinajstić information content (AvgIpc) is 3.62. The summed E-state index contributed by atoms with van der Waals surface area (Å²) in [7, 11) is 0. The van der Waals surface area contributed by atoms with Crippen LogP contribution in [0.15, 0.2) is 101 Å². The van der Waals surface area contributed by atoms with Crippen molar-refractivity contribution in [2.24, 2.45) is 0 Å². The number of carbonyl (C=O) groups is 2. The molecule has 1 aromatic heterocycles. The molecule has 4 aromatic carbocycles. The highest BCUT2D eigenvalue weighted by Gasteiger charge is 2.48. The number of Topliss-reactive ketones (excluding diaryl/α,β-unsaturated/α-hetero) is 1. The maximum Gasteiger partial charge on any atom is 0.301 e. The molecule has 46 heavy (non-hydrogen) atoms. The summed E-state index contributed by atoms with van der Waals surface area (Å²) in [5.74, 6) is -0.952. The number of aryl methyl sites for hydroxylation is 1. The van der Waals surface area contributed by atoms with Gasteiger partial charge in [-0.1, -0.05) is 112 Å². The van der Waals surface area contributed by atoms with Crippen LogP contribution in [0.4, 0.5) is 5.13 Å². The average molecular weight is 709 g/mol. The number of hydrogen-bond donors (Lipinski definition) is 1.